The van der Waals surface area contributed by atoms with Crippen LogP contribution in [0, 0.1) is 0 Å². The van der Waals surface area contributed by atoms with E-state index in [0.717, 1.165) is 0 Å². The van der Waals surface area contributed by atoms with Crippen molar-refractivity contribution in [2.24, 2.45) is 5.73 Å². The van der Waals surface area contributed by atoms with E-state index < -0.39 is 0 Å². The Bertz CT molecular complexity index is 268. The van der Waals surface area contributed by atoms with Crippen molar-refractivity contribution in [2.45, 2.75) is 52.0 Å². The molecule has 0 saturated carbocycles. The minimum Gasteiger partial charge on any atom is -0.326 e. The van der Waals surface area contributed by atoms with Gasteiger partial charge in [-0.3, -0.25) is 0 Å². The van der Waals surface area contributed by atoms with Crippen LogP contribution in [-0.4, -0.2) is 0 Å². The molecule has 0 aliphatic rings. The predicted octanol–water partition coefficient (Wildman–Crippen LogP) is 3.66. The van der Waals surface area contributed by atoms with Gasteiger partial charge >= 0.3 is 0 Å². The number of rotatable bonds is 7. The third kappa shape index (κ3) is 4.48. The van der Waals surface area contributed by atoms with Crippen molar-refractivity contribution in [1.82, 2.24) is 0 Å². The molecule has 0 aromatic heterocycles. The zero-order valence-electron chi connectivity index (χ0n) is 9.84. The average molecular weight is 205 g/mol. The number of hydrogen-bond acceptors (Lipinski definition) is 1. The molecule has 1 nitrogen and oxygen atoms in total. The Morgan fingerprint density at radius 2 is 1.60 bits per heavy atom. The molecule has 0 heterocycles. The minimum atomic E-state index is 0.672. The summed E-state index contributed by atoms with van der Waals surface area (Å²) in [4.78, 5) is 0. The molecular formula is C14H23N. The summed E-state index contributed by atoms with van der Waals surface area (Å²) >= 11 is 0. The molecule has 2 N–H and O–H groups in total. The van der Waals surface area contributed by atoms with E-state index in [1.165, 1.54) is 49.7 Å². The minimum absolute atomic E-state index is 0.672. The lowest BCUT2D eigenvalue weighted by atomic mass is 10.0. The van der Waals surface area contributed by atoms with Gasteiger partial charge < -0.3 is 5.73 Å². The van der Waals surface area contributed by atoms with Crippen LogP contribution < -0.4 is 5.73 Å². The summed E-state index contributed by atoms with van der Waals surface area (Å²) in [5.74, 6) is 0. The zero-order chi connectivity index (χ0) is 10.9. The Morgan fingerprint density at radius 1 is 0.933 bits per heavy atom. The quantitative estimate of drug-likeness (QED) is 0.675. The standard InChI is InChI=1S/C14H23N/c1-2-3-4-5-6-9-13-10-7-8-11-14(13)12-15/h7-8,10-11H,2-6,9,12,15H2,1H3. The maximum Gasteiger partial charge on any atom is 0.0180 e. The molecule has 1 heteroatoms. The van der Waals surface area contributed by atoms with E-state index in [1.54, 1.807) is 0 Å². The highest BCUT2D eigenvalue weighted by Crippen LogP contribution is 2.13. The largest absolute Gasteiger partial charge is 0.326 e. The van der Waals surface area contributed by atoms with Crippen LogP contribution in [0.5, 0.6) is 0 Å². The molecule has 0 bridgehead atoms. The van der Waals surface area contributed by atoms with Crippen molar-refractivity contribution in [2.75, 3.05) is 0 Å². The van der Waals surface area contributed by atoms with Gasteiger partial charge in [0.2, 0.25) is 0 Å². The first-order valence-corrected chi connectivity index (χ1v) is 6.15. The molecule has 0 spiro atoms. The van der Waals surface area contributed by atoms with Gasteiger partial charge in [0.05, 0.1) is 0 Å². The van der Waals surface area contributed by atoms with Crippen LogP contribution in [-0.2, 0) is 13.0 Å². The van der Waals surface area contributed by atoms with E-state index in [-0.39, 0.29) is 0 Å². The van der Waals surface area contributed by atoms with Gasteiger partial charge in [-0.05, 0) is 24.0 Å². The second-order valence-corrected chi connectivity index (χ2v) is 4.14. The van der Waals surface area contributed by atoms with E-state index in [0.29, 0.717) is 6.54 Å². The van der Waals surface area contributed by atoms with Gasteiger partial charge in [0.1, 0.15) is 0 Å². The lowest BCUT2D eigenvalue weighted by Gasteiger charge is -2.06. The van der Waals surface area contributed by atoms with Gasteiger partial charge in [-0.2, -0.15) is 0 Å². The van der Waals surface area contributed by atoms with Gasteiger partial charge in [-0.1, -0.05) is 56.9 Å². The fourth-order valence-electron chi connectivity index (χ4n) is 1.92. The smallest absolute Gasteiger partial charge is 0.0180 e. The zero-order valence-corrected chi connectivity index (χ0v) is 9.84. The molecule has 0 fully saturated rings. The first-order chi connectivity index (χ1) is 7.38. The molecule has 0 aliphatic heterocycles. The Hall–Kier alpha value is -0.820. The Labute approximate surface area is 93.7 Å². The van der Waals surface area contributed by atoms with Crippen LogP contribution in [0.25, 0.3) is 0 Å². The first-order valence-electron chi connectivity index (χ1n) is 6.15. The highest BCUT2D eigenvalue weighted by atomic mass is 14.5. The topological polar surface area (TPSA) is 26.0 Å². The summed E-state index contributed by atoms with van der Waals surface area (Å²) in [5.41, 5.74) is 8.46. The third-order valence-electron chi connectivity index (χ3n) is 2.89. The molecule has 1 rings (SSSR count). The Kier molecular flexibility index (Phi) is 6.10. The summed E-state index contributed by atoms with van der Waals surface area (Å²) in [5, 5.41) is 0. The average Bonchev–Trinajstić information content (AvgIpc) is 2.29. The summed E-state index contributed by atoms with van der Waals surface area (Å²) in [6.07, 6.45) is 7.92. The second-order valence-electron chi connectivity index (χ2n) is 4.14. The summed E-state index contributed by atoms with van der Waals surface area (Å²) in [6.45, 7) is 2.93. The molecule has 0 aliphatic carbocycles. The van der Waals surface area contributed by atoms with Crippen LogP contribution >= 0.6 is 0 Å². The summed E-state index contributed by atoms with van der Waals surface area (Å²) in [7, 11) is 0. The number of unbranched alkanes of at least 4 members (excludes halogenated alkanes) is 4. The van der Waals surface area contributed by atoms with Crippen LogP contribution in [0.1, 0.15) is 50.2 Å². The molecular weight excluding hydrogens is 182 g/mol. The van der Waals surface area contributed by atoms with E-state index in [1.807, 2.05) is 0 Å². The molecule has 0 radical (unpaired) electrons. The predicted molar refractivity (Wildman–Crippen MR) is 66.8 cm³/mol. The fraction of sp³-hybridized carbons (Fsp3) is 0.571. The Morgan fingerprint density at radius 3 is 2.27 bits per heavy atom. The highest BCUT2D eigenvalue weighted by molar-refractivity contribution is 5.26. The molecule has 1 aromatic rings. The summed E-state index contributed by atoms with van der Waals surface area (Å²) in [6, 6.07) is 8.53. The van der Waals surface area contributed by atoms with Crippen LogP contribution in [0.15, 0.2) is 24.3 Å². The maximum atomic E-state index is 5.70. The van der Waals surface area contributed by atoms with Crippen molar-refractivity contribution in [1.29, 1.82) is 0 Å². The van der Waals surface area contributed by atoms with E-state index >= 15 is 0 Å². The van der Waals surface area contributed by atoms with E-state index in [4.69, 9.17) is 5.73 Å². The van der Waals surface area contributed by atoms with Crippen molar-refractivity contribution < 1.29 is 0 Å². The molecule has 0 saturated heterocycles. The van der Waals surface area contributed by atoms with Gasteiger partial charge in [0.25, 0.3) is 0 Å². The molecule has 84 valence electrons. The van der Waals surface area contributed by atoms with Gasteiger partial charge in [0, 0.05) is 6.54 Å². The number of hydrogen-bond donors (Lipinski definition) is 1. The number of aryl methyl sites for hydroxylation is 1. The molecule has 15 heavy (non-hydrogen) atoms. The van der Waals surface area contributed by atoms with E-state index in [2.05, 4.69) is 31.2 Å². The summed E-state index contributed by atoms with van der Waals surface area (Å²) < 4.78 is 0. The van der Waals surface area contributed by atoms with Gasteiger partial charge in [0.15, 0.2) is 0 Å². The number of nitrogens with two attached hydrogens (primary N) is 1. The molecule has 0 atom stereocenters. The van der Waals surface area contributed by atoms with Crippen LogP contribution in [0.3, 0.4) is 0 Å². The monoisotopic (exact) mass is 205 g/mol. The van der Waals surface area contributed by atoms with Crippen LogP contribution in [0.2, 0.25) is 0 Å². The molecule has 1 aromatic carbocycles. The first kappa shape index (κ1) is 12.3. The van der Waals surface area contributed by atoms with Crippen LogP contribution in [0.4, 0.5) is 0 Å². The fourth-order valence-corrected chi connectivity index (χ4v) is 1.92. The van der Waals surface area contributed by atoms with Crippen molar-refractivity contribution in [3.8, 4) is 0 Å². The highest BCUT2D eigenvalue weighted by Gasteiger charge is 1.99. The third-order valence-corrected chi connectivity index (χ3v) is 2.89. The second kappa shape index (κ2) is 7.47. The normalized spacial score (nSPS) is 10.5. The van der Waals surface area contributed by atoms with Crippen molar-refractivity contribution in [3.05, 3.63) is 35.4 Å². The lowest BCUT2D eigenvalue weighted by Crippen LogP contribution is -2.01. The van der Waals surface area contributed by atoms with Gasteiger partial charge in [-0.15, -0.1) is 0 Å². The molecule has 0 amide bonds. The van der Waals surface area contributed by atoms with E-state index in [9.17, 15) is 0 Å². The van der Waals surface area contributed by atoms with Crippen molar-refractivity contribution >= 4 is 0 Å². The number of benzene rings is 1. The molecule has 0 unspecified atom stereocenters. The SMILES string of the molecule is CCCCCCCc1ccccc1CN. The maximum absolute atomic E-state index is 5.70. The van der Waals surface area contributed by atoms with Gasteiger partial charge in [-0.25, -0.2) is 0 Å². The lowest BCUT2D eigenvalue weighted by molar-refractivity contribution is 0.631. The van der Waals surface area contributed by atoms with Crippen molar-refractivity contribution in [3.63, 3.8) is 0 Å². The Balaban J connectivity index is 2.30.